The number of piperidine rings is 1. The van der Waals surface area contributed by atoms with E-state index in [-0.39, 0.29) is 5.92 Å². The molecule has 0 aromatic heterocycles. The van der Waals surface area contributed by atoms with Gasteiger partial charge in [-0.05, 0) is 32.2 Å². The van der Waals surface area contributed by atoms with Gasteiger partial charge >= 0.3 is 0 Å². The van der Waals surface area contributed by atoms with Gasteiger partial charge in [-0.25, -0.2) is 0 Å². The molecular formula is C15H30N2O. The third kappa shape index (κ3) is 4.27. The van der Waals surface area contributed by atoms with Crippen molar-refractivity contribution in [3.8, 4) is 0 Å². The zero-order valence-corrected chi connectivity index (χ0v) is 12.6. The maximum Gasteiger partial charge on any atom is 0.226 e. The first-order chi connectivity index (χ1) is 8.60. The average Bonchev–Trinajstić information content (AvgIpc) is 2.37. The average molecular weight is 254 g/mol. The van der Waals surface area contributed by atoms with E-state index >= 15 is 0 Å². The third-order valence-electron chi connectivity index (χ3n) is 4.00. The number of carbonyl (C=O) groups excluding carboxylic acids is 1. The number of hydrogen-bond acceptors (Lipinski definition) is 2. The number of likely N-dealkylation sites (tertiary alicyclic amines) is 1. The molecule has 18 heavy (non-hydrogen) atoms. The van der Waals surface area contributed by atoms with Gasteiger partial charge < -0.3 is 4.90 Å². The molecule has 0 aromatic carbocycles. The molecule has 0 saturated carbocycles. The predicted molar refractivity (Wildman–Crippen MR) is 76.6 cm³/mol. The quantitative estimate of drug-likeness (QED) is 0.727. The van der Waals surface area contributed by atoms with Gasteiger partial charge in [-0.1, -0.05) is 26.7 Å². The molecule has 1 saturated heterocycles. The minimum atomic E-state index is 0.227. The van der Waals surface area contributed by atoms with Gasteiger partial charge in [0.25, 0.3) is 0 Å². The maximum atomic E-state index is 12.1. The highest BCUT2D eigenvalue weighted by Crippen LogP contribution is 2.23. The Balaban J connectivity index is 2.58. The van der Waals surface area contributed by atoms with Gasteiger partial charge in [0.15, 0.2) is 0 Å². The number of hydrogen-bond donors (Lipinski definition) is 0. The zero-order chi connectivity index (χ0) is 13.5. The Morgan fingerprint density at radius 2 is 1.89 bits per heavy atom. The Bertz CT molecular complexity index is 247. The van der Waals surface area contributed by atoms with Crippen molar-refractivity contribution in [1.29, 1.82) is 0 Å². The van der Waals surface area contributed by atoms with Crippen molar-refractivity contribution in [2.24, 2.45) is 5.92 Å². The third-order valence-corrected chi connectivity index (χ3v) is 4.00. The summed E-state index contributed by atoms with van der Waals surface area (Å²) in [5, 5.41) is 0. The number of nitrogens with zero attached hydrogens (tertiary/aromatic N) is 2. The summed E-state index contributed by atoms with van der Waals surface area (Å²) < 4.78 is 0. The summed E-state index contributed by atoms with van der Waals surface area (Å²) >= 11 is 0. The molecule has 1 amide bonds. The van der Waals surface area contributed by atoms with Crippen LogP contribution in [-0.2, 0) is 4.79 Å². The first-order valence-electron chi connectivity index (χ1n) is 7.55. The Kier molecular flexibility index (Phi) is 6.69. The fraction of sp³-hybridized carbons (Fsp3) is 0.933. The summed E-state index contributed by atoms with van der Waals surface area (Å²) in [6.45, 7) is 6.67. The van der Waals surface area contributed by atoms with Crippen LogP contribution in [0.15, 0.2) is 0 Å². The van der Waals surface area contributed by atoms with Crippen LogP contribution in [0.5, 0.6) is 0 Å². The highest BCUT2D eigenvalue weighted by molar-refractivity contribution is 5.78. The molecule has 0 aliphatic carbocycles. The minimum absolute atomic E-state index is 0.227. The van der Waals surface area contributed by atoms with Crippen LogP contribution in [0.2, 0.25) is 0 Å². The van der Waals surface area contributed by atoms with Gasteiger partial charge in [0, 0.05) is 26.7 Å². The molecule has 0 aromatic rings. The number of amides is 1. The van der Waals surface area contributed by atoms with Gasteiger partial charge in [-0.15, -0.1) is 0 Å². The standard InChI is InChI=1S/C15H30N2O/c1-5-8-14(9-6-2)17-11-7-10-13(12-17)15(18)16(3)4/h13-14H,5-12H2,1-4H3. The monoisotopic (exact) mass is 254 g/mol. The van der Waals surface area contributed by atoms with E-state index in [0.29, 0.717) is 11.9 Å². The van der Waals surface area contributed by atoms with Crippen molar-refractivity contribution < 1.29 is 4.79 Å². The molecule has 1 fully saturated rings. The van der Waals surface area contributed by atoms with Gasteiger partial charge in [-0.3, -0.25) is 9.69 Å². The van der Waals surface area contributed by atoms with E-state index < -0.39 is 0 Å². The van der Waals surface area contributed by atoms with Crippen molar-refractivity contribution in [2.45, 2.75) is 58.4 Å². The summed E-state index contributed by atoms with van der Waals surface area (Å²) in [6, 6.07) is 0.692. The zero-order valence-electron chi connectivity index (χ0n) is 12.6. The van der Waals surface area contributed by atoms with Crippen molar-refractivity contribution in [1.82, 2.24) is 9.80 Å². The number of carbonyl (C=O) groups is 1. The molecule has 3 heteroatoms. The summed E-state index contributed by atoms with van der Waals surface area (Å²) in [5.41, 5.74) is 0. The normalized spacial score (nSPS) is 21.3. The lowest BCUT2D eigenvalue weighted by Gasteiger charge is -2.38. The van der Waals surface area contributed by atoms with E-state index in [0.717, 1.165) is 13.0 Å². The summed E-state index contributed by atoms with van der Waals surface area (Å²) in [5.74, 6) is 0.538. The van der Waals surface area contributed by atoms with E-state index in [4.69, 9.17) is 0 Å². The minimum Gasteiger partial charge on any atom is -0.349 e. The largest absolute Gasteiger partial charge is 0.349 e. The van der Waals surface area contributed by atoms with Crippen LogP contribution >= 0.6 is 0 Å². The van der Waals surface area contributed by atoms with Gasteiger partial charge in [0.05, 0.1) is 5.92 Å². The van der Waals surface area contributed by atoms with Gasteiger partial charge in [0.1, 0.15) is 0 Å². The molecule has 0 spiro atoms. The summed E-state index contributed by atoms with van der Waals surface area (Å²) in [4.78, 5) is 16.4. The lowest BCUT2D eigenvalue weighted by Crippen LogP contribution is -2.46. The Hall–Kier alpha value is -0.570. The van der Waals surface area contributed by atoms with Gasteiger partial charge in [-0.2, -0.15) is 0 Å². The van der Waals surface area contributed by atoms with Crippen molar-refractivity contribution >= 4 is 5.91 Å². The predicted octanol–water partition coefficient (Wildman–Crippen LogP) is 2.76. The summed E-state index contributed by atoms with van der Waals surface area (Å²) in [6.07, 6.45) is 7.28. The highest BCUT2D eigenvalue weighted by atomic mass is 16.2. The molecule has 106 valence electrons. The highest BCUT2D eigenvalue weighted by Gasteiger charge is 2.29. The molecule has 0 bridgehead atoms. The van der Waals surface area contributed by atoms with Crippen LogP contribution in [-0.4, -0.2) is 48.9 Å². The Morgan fingerprint density at radius 3 is 2.39 bits per heavy atom. The fourth-order valence-electron chi connectivity index (χ4n) is 3.08. The van der Waals surface area contributed by atoms with Crippen LogP contribution in [0.4, 0.5) is 0 Å². The molecule has 3 nitrogen and oxygen atoms in total. The van der Waals surface area contributed by atoms with Gasteiger partial charge in [0.2, 0.25) is 5.91 Å². The van der Waals surface area contributed by atoms with E-state index in [1.165, 1.54) is 38.6 Å². The van der Waals surface area contributed by atoms with Crippen molar-refractivity contribution in [3.05, 3.63) is 0 Å². The first kappa shape index (κ1) is 15.5. The van der Waals surface area contributed by atoms with E-state index in [2.05, 4.69) is 18.7 Å². The second-order valence-electron chi connectivity index (χ2n) is 5.80. The number of rotatable bonds is 6. The van der Waals surface area contributed by atoms with E-state index in [9.17, 15) is 4.79 Å². The molecule has 1 heterocycles. The van der Waals surface area contributed by atoms with E-state index in [1.807, 2.05) is 14.1 Å². The molecule has 0 radical (unpaired) electrons. The van der Waals surface area contributed by atoms with Crippen molar-refractivity contribution in [2.75, 3.05) is 27.2 Å². The first-order valence-corrected chi connectivity index (χ1v) is 7.55. The molecule has 1 aliphatic heterocycles. The lowest BCUT2D eigenvalue weighted by atomic mass is 9.93. The molecule has 1 unspecified atom stereocenters. The topological polar surface area (TPSA) is 23.6 Å². The van der Waals surface area contributed by atoms with Crippen LogP contribution in [0.25, 0.3) is 0 Å². The second kappa shape index (κ2) is 7.78. The Labute approximate surface area is 113 Å². The molecule has 1 rings (SSSR count). The Morgan fingerprint density at radius 1 is 1.28 bits per heavy atom. The second-order valence-corrected chi connectivity index (χ2v) is 5.80. The maximum absolute atomic E-state index is 12.1. The van der Waals surface area contributed by atoms with Crippen LogP contribution < -0.4 is 0 Å². The molecule has 1 atom stereocenters. The van der Waals surface area contributed by atoms with E-state index in [1.54, 1.807) is 4.90 Å². The lowest BCUT2D eigenvalue weighted by molar-refractivity contribution is -0.135. The SMILES string of the molecule is CCCC(CCC)N1CCCC(C(=O)N(C)C)C1. The van der Waals surface area contributed by atoms with Crippen molar-refractivity contribution in [3.63, 3.8) is 0 Å². The van der Waals surface area contributed by atoms with Crippen LogP contribution in [0, 0.1) is 5.92 Å². The smallest absolute Gasteiger partial charge is 0.226 e. The molecular weight excluding hydrogens is 224 g/mol. The summed E-state index contributed by atoms with van der Waals surface area (Å²) in [7, 11) is 3.74. The fourth-order valence-corrected chi connectivity index (χ4v) is 3.08. The molecule has 1 aliphatic rings. The van der Waals surface area contributed by atoms with Crippen LogP contribution in [0.1, 0.15) is 52.4 Å². The van der Waals surface area contributed by atoms with Crippen LogP contribution in [0.3, 0.4) is 0 Å². The molecule has 0 N–H and O–H groups in total.